The summed E-state index contributed by atoms with van der Waals surface area (Å²) in [6.07, 6.45) is 2.11. The van der Waals surface area contributed by atoms with E-state index in [0.29, 0.717) is 22.9 Å². The second kappa shape index (κ2) is 9.15. The molecular formula is C18H20N2O6S. The van der Waals surface area contributed by atoms with Crippen molar-refractivity contribution in [1.82, 2.24) is 4.57 Å². The third kappa shape index (κ3) is 5.28. The van der Waals surface area contributed by atoms with Gasteiger partial charge in [0.15, 0.2) is 5.78 Å². The van der Waals surface area contributed by atoms with Crippen molar-refractivity contribution in [3.63, 3.8) is 0 Å². The molecule has 0 fully saturated rings. The van der Waals surface area contributed by atoms with Crippen molar-refractivity contribution in [1.29, 1.82) is 0 Å². The normalized spacial score (nSPS) is 10.9. The first kappa shape index (κ1) is 20.4. The van der Waals surface area contributed by atoms with Crippen LogP contribution in [0.15, 0.2) is 28.4 Å². The fraction of sp³-hybridized carbons (Fsp3) is 0.278. The van der Waals surface area contributed by atoms with Gasteiger partial charge in [-0.15, -0.1) is 11.3 Å². The summed E-state index contributed by atoms with van der Waals surface area (Å²) in [5, 5.41) is 14.2. The lowest BCUT2D eigenvalue weighted by atomic mass is 10.1. The number of aromatic hydroxyl groups is 1. The molecule has 144 valence electrons. The van der Waals surface area contributed by atoms with Gasteiger partial charge in [-0.2, -0.15) is 0 Å². The van der Waals surface area contributed by atoms with Crippen LogP contribution < -0.4 is 10.9 Å². The van der Waals surface area contributed by atoms with Gasteiger partial charge in [-0.1, -0.05) is 0 Å². The third-order valence-electron chi connectivity index (χ3n) is 3.68. The highest BCUT2D eigenvalue weighted by atomic mass is 32.1. The molecule has 0 atom stereocenters. The number of carbonyl (C=O) groups excluding carboxylic acids is 2. The molecular weight excluding hydrogens is 372 g/mol. The molecule has 0 radical (unpaired) electrons. The highest BCUT2D eigenvalue weighted by molar-refractivity contribution is 7.11. The third-order valence-corrected chi connectivity index (χ3v) is 4.58. The molecule has 0 aromatic carbocycles. The average molecular weight is 392 g/mol. The maximum Gasteiger partial charge on any atom is 0.411 e. The predicted octanol–water partition coefficient (Wildman–Crippen LogP) is 2.55. The number of hydrogen-bond donors (Lipinski definition) is 2. The molecule has 0 aliphatic heterocycles. The Bertz CT molecular complexity index is 928. The Kier molecular flexibility index (Phi) is 6.91. The quantitative estimate of drug-likeness (QED) is 0.426. The zero-order valence-electron chi connectivity index (χ0n) is 15.1. The van der Waals surface area contributed by atoms with Gasteiger partial charge in [0.25, 0.3) is 5.56 Å². The summed E-state index contributed by atoms with van der Waals surface area (Å²) in [5.41, 5.74) is 0.221. The van der Waals surface area contributed by atoms with Crippen LogP contribution >= 0.6 is 11.3 Å². The van der Waals surface area contributed by atoms with Gasteiger partial charge < -0.3 is 19.1 Å². The summed E-state index contributed by atoms with van der Waals surface area (Å²) in [6.45, 7) is 2.10. The molecule has 2 heterocycles. The van der Waals surface area contributed by atoms with Gasteiger partial charge in [0.1, 0.15) is 17.9 Å². The number of rotatable bonds is 7. The maximum atomic E-state index is 12.3. The second-order valence-electron chi connectivity index (χ2n) is 5.60. The molecule has 8 nitrogen and oxygen atoms in total. The Morgan fingerprint density at radius 1 is 1.33 bits per heavy atom. The Morgan fingerprint density at radius 2 is 2.07 bits per heavy atom. The molecule has 2 N–H and O–H groups in total. The standard InChI is InChI=1S/C18H20N2O6S/c1-11-8-15(22)16(17(23)20(11)2)14(21)5-4-13-9-12(10-27-13)19-18(24)26-7-6-25-3/h4-5,8-10,22H,6-7H2,1-3H3,(H,19,24)/b5-4+. The lowest BCUT2D eigenvalue weighted by Gasteiger charge is -2.07. The number of ketones is 1. The number of methoxy groups -OCH3 is 1. The lowest BCUT2D eigenvalue weighted by molar-refractivity contribution is 0.104. The van der Waals surface area contributed by atoms with Crippen molar-refractivity contribution in [2.75, 3.05) is 25.6 Å². The van der Waals surface area contributed by atoms with Gasteiger partial charge in [0.05, 0.1) is 12.3 Å². The van der Waals surface area contributed by atoms with Crippen molar-refractivity contribution in [3.8, 4) is 5.75 Å². The minimum Gasteiger partial charge on any atom is -0.507 e. The summed E-state index contributed by atoms with van der Waals surface area (Å²) in [5.74, 6) is -0.951. The van der Waals surface area contributed by atoms with E-state index < -0.39 is 17.4 Å². The fourth-order valence-electron chi connectivity index (χ4n) is 2.15. The molecule has 0 saturated carbocycles. The number of nitrogens with one attached hydrogen (secondary N) is 1. The first-order valence-electron chi connectivity index (χ1n) is 7.96. The van der Waals surface area contributed by atoms with E-state index >= 15 is 0 Å². The Hall–Kier alpha value is -2.91. The summed E-state index contributed by atoms with van der Waals surface area (Å²) in [4.78, 5) is 36.7. The highest BCUT2D eigenvalue weighted by Gasteiger charge is 2.16. The molecule has 1 amide bonds. The maximum absolute atomic E-state index is 12.3. The predicted molar refractivity (Wildman–Crippen MR) is 103 cm³/mol. The monoisotopic (exact) mass is 392 g/mol. The van der Waals surface area contributed by atoms with Crippen LogP contribution in [0.4, 0.5) is 10.5 Å². The number of pyridine rings is 1. The van der Waals surface area contributed by atoms with Gasteiger partial charge in [0, 0.05) is 36.2 Å². The van der Waals surface area contributed by atoms with Crippen LogP contribution in [0.3, 0.4) is 0 Å². The van der Waals surface area contributed by atoms with Crippen LogP contribution in [0, 0.1) is 6.92 Å². The van der Waals surface area contributed by atoms with Crippen LogP contribution in [0.2, 0.25) is 0 Å². The number of allylic oxidation sites excluding steroid dienone is 1. The van der Waals surface area contributed by atoms with E-state index in [9.17, 15) is 19.5 Å². The minimum absolute atomic E-state index is 0.142. The number of thiophene rings is 1. The van der Waals surface area contributed by atoms with Crippen molar-refractivity contribution in [3.05, 3.63) is 50.1 Å². The average Bonchev–Trinajstić information content (AvgIpc) is 3.05. The highest BCUT2D eigenvalue weighted by Crippen LogP contribution is 2.22. The zero-order chi connectivity index (χ0) is 20.0. The van der Waals surface area contributed by atoms with Gasteiger partial charge in [-0.05, 0) is 25.1 Å². The molecule has 27 heavy (non-hydrogen) atoms. The summed E-state index contributed by atoms with van der Waals surface area (Å²) < 4.78 is 11.0. The van der Waals surface area contributed by atoms with E-state index in [4.69, 9.17) is 9.47 Å². The number of aromatic nitrogens is 1. The van der Waals surface area contributed by atoms with Crippen LogP contribution in [0.5, 0.6) is 5.75 Å². The summed E-state index contributed by atoms with van der Waals surface area (Å²) in [6, 6.07) is 3.02. The molecule has 9 heteroatoms. The molecule has 0 saturated heterocycles. The fourth-order valence-corrected chi connectivity index (χ4v) is 2.89. The first-order chi connectivity index (χ1) is 12.8. The van der Waals surface area contributed by atoms with E-state index in [2.05, 4.69) is 5.32 Å². The molecule has 0 aliphatic carbocycles. The summed E-state index contributed by atoms with van der Waals surface area (Å²) in [7, 11) is 3.03. The molecule has 2 aromatic rings. The van der Waals surface area contributed by atoms with Crippen LogP contribution in [-0.4, -0.2) is 41.9 Å². The molecule has 0 bridgehead atoms. The van der Waals surface area contributed by atoms with Crippen LogP contribution in [0.1, 0.15) is 20.9 Å². The summed E-state index contributed by atoms with van der Waals surface area (Å²) >= 11 is 1.29. The van der Waals surface area contributed by atoms with Crippen molar-refractivity contribution < 1.29 is 24.2 Å². The topological polar surface area (TPSA) is 107 Å². The van der Waals surface area contributed by atoms with E-state index in [-0.39, 0.29) is 17.9 Å². The van der Waals surface area contributed by atoms with Gasteiger partial charge in [0.2, 0.25) is 0 Å². The number of amides is 1. The Labute approximate surface area is 159 Å². The minimum atomic E-state index is -0.607. The largest absolute Gasteiger partial charge is 0.507 e. The number of aryl methyl sites for hydroxylation is 1. The van der Waals surface area contributed by atoms with E-state index in [1.165, 1.54) is 48.3 Å². The number of carbonyl (C=O) groups is 2. The Balaban J connectivity index is 2.06. The van der Waals surface area contributed by atoms with Gasteiger partial charge in [-0.3, -0.25) is 14.9 Å². The number of hydrogen-bond acceptors (Lipinski definition) is 7. The van der Waals surface area contributed by atoms with Crippen LogP contribution in [-0.2, 0) is 16.5 Å². The van der Waals surface area contributed by atoms with Crippen molar-refractivity contribution in [2.24, 2.45) is 7.05 Å². The number of anilines is 1. The van der Waals surface area contributed by atoms with Gasteiger partial charge in [-0.25, -0.2) is 4.79 Å². The molecule has 0 aliphatic rings. The molecule has 0 unspecified atom stereocenters. The first-order valence-corrected chi connectivity index (χ1v) is 8.84. The van der Waals surface area contributed by atoms with E-state index in [1.807, 2.05) is 0 Å². The Morgan fingerprint density at radius 3 is 2.78 bits per heavy atom. The smallest absolute Gasteiger partial charge is 0.411 e. The van der Waals surface area contributed by atoms with Crippen molar-refractivity contribution in [2.45, 2.75) is 6.92 Å². The second-order valence-corrected chi connectivity index (χ2v) is 6.54. The zero-order valence-corrected chi connectivity index (χ0v) is 16.0. The van der Waals surface area contributed by atoms with Crippen LogP contribution in [0.25, 0.3) is 6.08 Å². The van der Waals surface area contributed by atoms with Gasteiger partial charge >= 0.3 is 6.09 Å². The molecule has 2 aromatic heterocycles. The van der Waals surface area contributed by atoms with Crippen molar-refractivity contribution >= 4 is 35.0 Å². The molecule has 2 rings (SSSR count). The number of nitrogens with zero attached hydrogens (tertiary/aromatic N) is 1. The van der Waals surface area contributed by atoms with E-state index in [1.54, 1.807) is 18.4 Å². The van der Waals surface area contributed by atoms with E-state index in [0.717, 1.165) is 0 Å². The SMILES string of the molecule is COCCOC(=O)Nc1csc(/C=C/C(=O)c2c(O)cc(C)n(C)c2=O)c1. The lowest BCUT2D eigenvalue weighted by Crippen LogP contribution is -2.25. The molecule has 0 spiro atoms. The number of ether oxygens (including phenoxy) is 2.